The summed E-state index contributed by atoms with van der Waals surface area (Å²) in [6.45, 7) is 5.50. The van der Waals surface area contributed by atoms with Crippen LogP contribution in [0.3, 0.4) is 0 Å². The van der Waals surface area contributed by atoms with Crippen LogP contribution in [-0.2, 0) is 11.3 Å². The van der Waals surface area contributed by atoms with E-state index in [1.807, 2.05) is 43.3 Å². The van der Waals surface area contributed by atoms with Gasteiger partial charge in [0.2, 0.25) is 5.91 Å². The highest BCUT2D eigenvalue weighted by atomic mass is 32.2. The highest BCUT2D eigenvalue weighted by molar-refractivity contribution is 7.99. The molecule has 0 saturated heterocycles. The molecule has 172 valence electrons. The summed E-state index contributed by atoms with van der Waals surface area (Å²) in [4.78, 5) is 35.9. The molecule has 1 N–H and O–H groups in total. The first-order valence-electron chi connectivity index (χ1n) is 11.0. The van der Waals surface area contributed by atoms with E-state index in [1.165, 1.54) is 23.1 Å². The smallest absolute Gasteiger partial charge is 0.272 e. The Morgan fingerprint density at radius 2 is 2.06 bits per heavy atom. The first-order chi connectivity index (χ1) is 16.1. The number of carbonyl (C=O) groups is 1. The zero-order valence-electron chi connectivity index (χ0n) is 18.7. The Labute approximate surface area is 200 Å². The van der Waals surface area contributed by atoms with Gasteiger partial charge in [0.05, 0.1) is 24.4 Å². The quantitative estimate of drug-likeness (QED) is 0.204. The lowest BCUT2D eigenvalue weighted by molar-refractivity contribution is -0.118. The number of fused-ring (bicyclic) bond motifs is 3. The number of unbranched alkanes of at least 4 members (excludes halogenated alkanes) is 1. The second-order valence-electron chi connectivity index (χ2n) is 7.45. The van der Waals surface area contributed by atoms with Crippen LogP contribution in [0.25, 0.3) is 20.4 Å². The van der Waals surface area contributed by atoms with Gasteiger partial charge in [0.15, 0.2) is 5.16 Å². The van der Waals surface area contributed by atoms with Crippen molar-refractivity contribution < 1.29 is 9.53 Å². The van der Waals surface area contributed by atoms with Gasteiger partial charge in [-0.05, 0) is 31.5 Å². The summed E-state index contributed by atoms with van der Waals surface area (Å²) >= 11 is 2.62. The fraction of sp³-hybridized carbons (Fsp3) is 0.333. The van der Waals surface area contributed by atoms with Crippen LogP contribution >= 0.6 is 23.1 Å². The van der Waals surface area contributed by atoms with Crippen molar-refractivity contribution in [3.63, 3.8) is 0 Å². The number of amides is 1. The number of thioether (sulfide) groups is 1. The summed E-state index contributed by atoms with van der Waals surface area (Å²) < 4.78 is 7.97. The second-order valence-corrected chi connectivity index (χ2v) is 9.40. The first kappa shape index (κ1) is 23.3. The standard InChI is InChI=1S/C24H26N4O3S2/c1-3-5-12-25-19(29)15-32-24-27-20-17-10-8-13-26-22(17)33-21(20)23(30)28(24)14-16-9-6-7-11-18(16)31-4-2/h6-11,13H,3-5,12,14-15H2,1-2H3,(H,25,29). The molecule has 0 saturated carbocycles. The van der Waals surface area contributed by atoms with E-state index in [1.54, 1.807) is 10.8 Å². The van der Waals surface area contributed by atoms with Gasteiger partial charge in [0.1, 0.15) is 15.3 Å². The Morgan fingerprint density at radius 3 is 2.88 bits per heavy atom. The molecular formula is C24H26N4O3S2. The normalized spacial score (nSPS) is 11.2. The van der Waals surface area contributed by atoms with Gasteiger partial charge in [-0.2, -0.15) is 0 Å². The summed E-state index contributed by atoms with van der Waals surface area (Å²) in [6, 6.07) is 11.4. The van der Waals surface area contributed by atoms with Gasteiger partial charge in [0.25, 0.3) is 5.56 Å². The Morgan fingerprint density at radius 1 is 1.21 bits per heavy atom. The largest absolute Gasteiger partial charge is 0.494 e. The Kier molecular flexibility index (Phi) is 7.61. The van der Waals surface area contributed by atoms with Gasteiger partial charge in [-0.1, -0.05) is 43.3 Å². The van der Waals surface area contributed by atoms with Crippen molar-refractivity contribution >= 4 is 49.4 Å². The van der Waals surface area contributed by atoms with Crippen LogP contribution in [0.2, 0.25) is 0 Å². The molecule has 1 amide bonds. The molecule has 7 nitrogen and oxygen atoms in total. The highest BCUT2D eigenvalue weighted by Gasteiger charge is 2.19. The molecule has 3 aromatic heterocycles. The molecule has 4 rings (SSSR count). The van der Waals surface area contributed by atoms with Crippen LogP contribution in [0.4, 0.5) is 0 Å². The van der Waals surface area contributed by atoms with E-state index >= 15 is 0 Å². The average Bonchev–Trinajstić information content (AvgIpc) is 3.20. The molecule has 0 unspecified atom stereocenters. The molecule has 0 aliphatic rings. The summed E-state index contributed by atoms with van der Waals surface area (Å²) in [5, 5.41) is 4.28. The number of nitrogens with zero attached hydrogens (tertiary/aromatic N) is 3. The zero-order valence-corrected chi connectivity index (χ0v) is 20.3. The van der Waals surface area contributed by atoms with Crippen LogP contribution in [0, 0.1) is 0 Å². The second kappa shape index (κ2) is 10.8. The van der Waals surface area contributed by atoms with Crippen LogP contribution in [-0.4, -0.2) is 39.3 Å². The van der Waals surface area contributed by atoms with Gasteiger partial charge in [0, 0.05) is 23.7 Å². The molecule has 1 aromatic carbocycles. The molecule has 0 radical (unpaired) electrons. The predicted molar refractivity (Wildman–Crippen MR) is 135 cm³/mol. The van der Waals surface area contributed by atoms with Crippen LogP contribution in [0.5, 0.6) is 5.75 Å². The predicted octanol–water partition coefficient (Wildman–Crippen LogP) is 4.46. The number of thiophene rings is 1. The van der Waals surface area contributed by atoms with Gasteiger partial charge < -0.3 is 10.1 Å². The molecule has 9 heteroatoms. The summed E-state index contributed by atoms with van der Waals surface area (Å²) in [5.41, 5.74) is 1.38. The van der Waals surface area contributed by atoms with Crippen molar-refractivity contribution in [2.45, 2.75) is 38.4 Å². The van der Waals surface area contributed by atoms with E-state index in [9.17, 15) is 9.59 Å². The number of nitrogens with one attached hydrogen (secondary N) is 1. The van der Waals surface area contributed by atoms with Crippen molar-refractivity contribution in [3.05, 3.63) is 58.5 Å². The number of hydrogen-bond donors (Lipinski definition) is 1. The van der Waals surface area contributed by atoms with Crippen molar-refractivity contribution in [1.29, 1.82) is 0 Å². The molecule has 0 spiro atoms. The number of para-hydroxylation sites is 1. The molecule has 0 bridgehead atoms. The summed E-state index contributed by atoms with van der Waals surface area (Å²) in [6.07, 6.45) is 3.67. The maximum atomic E-state index is 13.6. The Balaban J connectivity index is 1.75. The lowest BCUT2D eigenvalue weighted by Gasteiger charge is -2.15. The number of aromatic nitrogens is 3. The van der Waals surface area contributed by atoms with Crippen molar-refractivity contribution in [2.24, 2.45) is 0 Å². The molecule has 0 aliphatic carbocycles. The fourth-order valence-corrected chi connectivity index (χ4v) is 5.33. The SMILES string of the molecule is CCCCNC(=O)CSc1nc2c(sc3ncccc32)c(=O)n1Cc1ccccc1OCC. The van der Waals surface area contributed by atoms with E-state index in [2.05, 4.69) is 17.2 Å². The maximum Gasteiger partial charge on any atom is 0.272 e. The van der Waals surface area contributed by atoms with Crippen molar-refractivity contribution in [2.75, 3.05) is 18.9 Å². The molecule has 4 aromatic rings. The molecule has 0 atom stereocenters. The molecular weight excluding hydrogens is 456 g/mol. The molecule has 33 heavy (non-hydrogen) atoms. The lowest BCUT2D eigenvalue weighted by Crippen LogP contribution is -2.27. The number of hydrogen-bond acceptors (Lipinski definition) is 7. The van der Waals surface area contributed by atoms with E-state index in [-0.39, 0.29) is 17.2 Å². The van der Waals surface area contributed by atoms with E-state index in [4.69, 9.17) is 9.72 Å². The minimum atomic E-state index is -0.136. The van der Waals surface area contributed by atoms with Gasteiger partial charge in [-0.3, -0.25) is 14.2 Å². The number of benzene rings is 1. The Bertz CT molecular complexity index is 1330. The monoisotopic (exact) mass is 482 g/mol. The molecule has 3 heterocycles. The number of carbonyl (C=O) groups excluding carboxylic acids is 1. The number of ether oxygens (including phenoxy) is 1. The van der Waals surface area contributed by atoms with Gasteiger partial charge in [-0.15, -0.1) is 11.3 Å². The fourth-order valence-electron chi connectivity index (χ4n) is 3.48. The van der Waals surface area contributed by atoms with Crippen LogP contribution in [0.1, 0.15) is 32.3 Å². The van der Waals surface area contributed by atoms with Crippen molar-refractivity contribution in [3.8, 4) is 5.75 Å². The zero-order chi connectivity index (χ0) is 23.2. The maximum absolute atomic E-state index is 13.6. The van der Waals surface area contributed by atoms with Crippen LogP contribution < -0.4 is 15.6 Å². The number of pyridine rings is 1. The van der Waals surface area contributed by atoms with Gasteiger partial charge in [-0.25, -0.2) is 9.97 Å². The summed E-state index contributed by atoms with van der Waals surface area (Å²) in [5.74, 6) is 0.855. The summed E-state index contributed by atoms with van der Waals surface area (Å²) in [7, 11) is 0. The first-order valence-corrected chi connectivity index (χ1v) is 12.8. The minimum Gasteiger partial charge on any atom is -0.494 e. The van der Waals surface area contributed by atoms with E-state index in [0.29, 0.717) is 35.1 Å². The lowest BCUT2D eigenvalue weighted by atomic mass is 10.2. The van der Waals surface area contributed by atoms with Crippen LogP contribution in [0.15, 0.2) is 52.5 Å². The average molecular weight is 483 g/mol. The topological polar surface area (TPSA) is 86.1 Å². The minimum absolute atomic E-state index is 0.0686. The Hall–Kier alpha value is -2.91. The highest BCUT2D eigenvalue weighted by Crippen LogP contribution is 2.31. The molecule has 0 fully saturated rings. The van der Waals surface area contributed by atoms with Crippen molar-refractivity contribution in [1.82, 2.24) is 19.9 Å². The third-order valence-electron chi connectivity index (χ3n) is 5.10. The third kappa shape index (κ3) is 5.20. The van der Waals surface area contributed by atoms with E-state index < -0.39 is 0 Å². The van der Waals surface area contributed by atoms with Gasteiger partial charge >= 0.3 is 0 Å². The molecule has 0 aliphatic heterocycles. The third-order valence-corrected chi connectivity index (χ3v) is 7.17. The number of rotatable bonds is 10. The van der Waals surface area contributed by atoms with E-state index in [0.717, 1.165) is 34.4 Å².